The topological polar surface area (TPSA) is 0 Å². The van der Waals surface area contributed by atoms with E-state index in [1.807, 2.05) is 0 Å². The number of allylic oxidation sites excluding steroid dienone is 1. The average Bonchev–Trinajstić information content (AvgIpc) is 1.97. The number of benzene rings is 1. The van der Waals surface area contributed by atoms with Crippen molar-refractivity contribution in [2.24, 2.45) is 0 Å². The molecule has 0 nitrogen and oxygen atoms in total. The molecule has 0 saturated heterocycles. The van der Waals surface area contributed by atoms with Crippen LogP contribution >= 0.6 is 23.2 Å². The minimum absolute atomic E-state index is 0.134. The lowest BCUT2D eigenvalue weighted by Crippen LogP contribution is -2.00. The zero-order chi connectivity index (χ0) is 10.8. The maximum Gasteiger partial charge on any atom is 0.409 e. The fourth-order valence-corrected chi connectivity index (χ4v) is 1.41. The van der Waals surface area contributed by atoms with E-state index in [0.717, 1.165) is 6.08 Å². The van der Waals surface area contributed by atoms with Gasteiger partial charge in [0, 0.05) is 16.1 Å². The predicted molar refractivity (Wildman–Crippen MR) is 51.6 cm³/mol. The first kappa shape index (κ1) is 11.4. The highest BCUT2D eigenvalue weighted by Gasteiger charge is 2.21. The van der Waals surface area contributed by atoms with E-state index in [-0.39, 0.29) is 6.08 Å². The molecular formula is C9H5Cl2F3. The maximum absolute atomic E-state index is 11.8. The van der Waals surface area contributed by atoms with Crippen LogP contribution in [0.25, 0.3) is 6.08 Å². The van der Waals surface area contributed by atoms with E-state index in [9.17, 15) is 13.2 Å². The van der Waals surface area contributed by atoms with Gasteiger partial charge in [0.05, 0.1) is 0 Å². The van der Waals surface area contributed by atoms with Crippen LogP contribution in [0, 0.1) is 0 Å². The maximum atomic E-state index is 11.8. The molecule has 0 unspecified atom stereocenters. The van der Waals surface area contributed by atoms with Crippen LogP contribution in [0.4, 0.5) is 13.2 Å². The van der Waals surface area contributed by atoms with Crippen molar-refractivity contribution in [3.8, 4) is 0 Å². The second kappa shape index (κ2) is 4.24. The Labute approximate surface area is 88.9 Å². The summed E-state index contributed by atoms with van der Waals surface area (Å²) < 4.78 is 35.4. The van der Waals surface area contributed by atoms with Gasteiger partial charge in [0.15, 0.2) is 0 Å². The molecule has 0 fully saturated rings. The number of alkyl halides is 3. The highest BCUT2D eigenvalue weighted by molar-refractivity contribution is 6.34. The Morgan fingerprint density at radius 3 is 1.93 bits per heavy atom. The molecule has 0 amide bonds. The molecular weight excluding hydrogens is 236 g/mol. The quantitative estimate of drug-likeness (QED) is 0.675. The van der Waals surface area contributed by atoms with Gasteiger partial charge < -0.3 is 0 Å². The van der Waals surface area contributed by atoms with E-state index < -0.39 is 6.18 Å². The fraction of sp³-hybridized carbons (Fsp3) is 0.111. The second-order valence-electron chi connectivity index (χ2n) is 2.58. The van der Waals surface area contributed by atoms with E-state index in [1.165, 1.54) is 18.2 Å². The average molecular weight is 241 g/mol. The lowest BCUT2D eigenvalue weighted by Gasteiger charge is -1.99. The molecule has 1 aromatic carbocycles. The third-order valence-electron chi connectivity index (χ3n) is 1.35. The van der Waals surface area contributed by atoms with Crippen LogP contribution in [0.1, 0.15) is 5.56 Å². The summed E-state index contributed by atoms with van der Waals surface area (Å²) in [5, 5.41) is 0.610. The smallest absolute Gasteiger partial charge is 0.167 e. The highest BCUT2D eigenvalue weighted by Crippen LogP contribution is 2.22. The van der Waals surface area contributed by atoms with Crippen molar-refractivity contribution in [3.63, 3.8) is 0 Å². The van der Waals surface area contributed by atoms with Crippen LogP contribution in [0.15, 0.2) is 24.3 Å². The van der Waals surface area contributed by atoms with Crippen LogP contribution in [-0.4, -0.2) is 6.18 Å². The summed E-state index contributed by atoms with van der Waals surface area (Å²) in [5.74, 6) is 0. The Morgan fingerprint density at radius 1 is 1.00 bits per heavy atom. The van der Waals surface area contributed by atoms with Crippen LogP contribution in [0.5, 0.6) is 0 Å². The molecule has 0 aliphatic heterocycles. The molecule has 14 heavy (non-hydrogen) atoms. The van der Waals surface area contributed by atoms with Crippen molar-refractivity contribution < 1.29 is 13.2 Å². The minimum Gasteiger partial charge on any atom is -0.167 e. The monoisotopic (exact) mass is 240 g/mol. The predicted octanol–water partition coefficient (Wildman–Crippen LogP) is 4.57. The number of hydrogen-bond acceptors (Lipinski definition) is 0. The summed E-state index contributed by atoms with van der Waals surface area (Å²) in [6, 6.07) is 4.25. The summed E-state index contributed by atoms with van der Waals surface area (Å²) in [5.41, 5.74) is 0.319. The zero-order valence-electron chi connectivity index (χ0n) is 6.78. The molecule has 76 valence electrons. The molecule has 0 aromatic heterocycles. The molecule has 0 aliphatic carbocycles. The van der Waals surface area contributed by atoms with Crippen molar-refractivity contribution in [2.75, 3.05) is 0 Å². The Kier molecular flexibility index (Phi) is 3.45. The largest absolute Gasteiger partial charge is 0.409 e. The summed E-state index contributed by atoms with van der Waals surface area (Å²) in [6.45, 7) is 0. The highest BCUT2D eigenvalue weighted by atomic mass is 35.5. The van der Waals surface area contributed by atoms with Crippen LogP contribution in [0.2, 0.25) is 10.0 Å². The SMILES string of the molecule is FC(F)(F)/C=C/c1cc(Cl)cc(Cl)c1. The molecule has 0 spiro atoms. The number of hydrogen-bond donors (Lipinski definition) is 0. The van der Waals surface area contributed by atoms with Crippen molar-refractivity contribution in [1.82, 2.24) is 0 Å². The van der Waals surface area contributed by atoms with Gasteiger partial charge in [-0.2, -0.15) is 13.2 Å². The third-order valence-corrected chi connectivity index (χ3v) is 1.79. The van der Waals surface area contributed by atoms with Crippen molar-refractivity contribution in [2.45, 2.75) is 6.18 Å². The lowest BCUT2D eigenvalue weighted by molar-refractivity contribution is -0.0790. The second-order valence-corrected chi connectivity index (χ2v) is 3.45. The van der Waals surface area contributed by atoms with E-state index in [0.29, 0.717) is 15.6 Å². The minimum atomic E-state index is -4.32. The molecule has 0 atom stereocenters. The molecule has 0 saturated carbocycles. The first-order valence-corrected chi connectivity index (χ1v) is 4.34. The summed E-state index contributed by atoms with van der Waals surface area (Å²) in [7, 11) is 0. The molecule has 0 aliphatic rings. The van der Waals surface area contributed by atoms with E-state index in [1.54, 1.807) is 0 Å². The van der Waals surface area contributed by atoms with Crippen molar-refractivity contribution in [1.29, 1.82) is 0 Å². The van der Waals surface area contributed by atoms with E-state index >= 15 is 0 Å². The van der Waals surface area contributed by atoms with Gasteiger partial charge in [-0.25, -0.2) is 0 Å². The number of halogens is 5. The van der Waals surface area contributed by atoms with Gasteiger partial charge in [0.2, 0.25) is 0 Å². The van der Waals surface area contributed by atoms with Gasteiger partial charge in [-0.15, -0.1) is 0 Å². The molecule has 0 radical (unpaired) electrons. The van der Waals surface area contributed by atoms with E-state index in [2.05, 4.69) is 0 Å². The van der Waals surface area contributed by atoms with Gasteiger partial charge in [-0.1, -0.05) is 23.2 Å². The third kappa shape index (κ3) is 4.03. The first-order chi connectivity index (χ1) is 6.37. The molecule has 0 heterocycles. The van der Waals surface area contributed by atoms with Crippen molar-refractivity contribution >= 4 is 29.3 Å². The normalized spacial score (nSPS) is 12.4. The number of rotatable bonds is 1. The standard InChI is InChI=1S/C9H5Cl2F3/c10-7-3-6(4-8(11)5-7)1-2-9(12,13)14/h1-5H/b2-1+. The van der Waals surface area contributed by atoms with Crippen LogP contribution in [-0.2, 0) is 0 Å². The summed E-state index contributed by atoms with van der Waals surface area (Å²) in [4.78, 5) is 0. The molecule has 0 N–H and O–H groups in total. The molecule has 1 aromatic rings. The van der Waals surface area contributed by atoms with Crippen molar-refractivity contribution in [3.05, 3.63) is 39.9 Å². The van der Waals surface area contributed by atoms with Gasteiger partial charge in [-0.3, -0.25) is 0 Å². The Morgan fingerprint density at radius 2 is 1.50 bits per heavy atom. The summed E-state index contributed by atoms with van der Waals surface area (Å²) >= 11 is 11.2. The zero-order valence-corrected chi connectivity index (χ0v) is 8.29. The lowest BCUT2D eigenvalue weighted by atomic mass is 10.2. The van der Waals surface area contributed by atoms with Crippen LogP contribution < -0.4 is 0 Å². The Balaban J connectivity index is 2.92. The fourth-order valence-electron chi connectivity index (χ4n) is 0.862. The van der Waals surface area contributed by atoms with Gasteiger partial charge in [-0.05, 0) is 29.8 Å². The molecule has 0 bridgehead atoms. The van der Waals surface area contributed by atoms with Crippen LogP contribution in [0.3, 0.4) is 0 Å². The van der Waals surface area contributed by atoms with Gasteiger partial charge in [0.25, 0.3) is 0 Å². The Bertz CT molecular complexity index is 335. The first-order valence-electron chi connectivity index (χ1n) is 3.59. The van der Waals surface area contributed by atoms with Gasteiger partial charge in [0.1, 0.15) is 0 Å². The van der Waals surface area contributed by atoms with Gasteiger partial charge >= 0.3 is 6.18 Å². The Hall–Kier alpha value is -0.670. The summed E-state index contributed by atoms with van der Waals surface area (Å²) in [6.07, 6.45) is -3.28. The molecule has 5 heteroatoms. The van der Waals surface area contributed by atoms with E-state index in [4.69, 9.17) is 23.2 Å². The molecule has 1 rings (SSSR count).